The van der Waals surface area contributed by atoms with Crippen LogP contribution in [0.1, 0.15) is 32.1 Å². The molecule has 0 amide bonds. The van der Waals surface area contributed by atoms with Crippen molar-refractivity contribution in [1.29, 1.82) is 0 Å². The lowest BCUT2D eigenvalue weighted by Crippen LogP contribution is -2.34. The fourth-order valence-corrected chi connectivity index (χ4v) is 1.92. The van der Waals surface area contributed by atoms with E-state index in [1.54, 1.807) is 6.92 Å². The lowest BCUT2D eigenvalue weighted by atomic mass is 9.88. The van der Waals surface area contributed by atoms with Gasteiger partial charge in [0.05, 0.1) is 17.8 Å². The van der Waals surface area contributed by atoms with Crippen molar-refractivity contribution in [2.45, 2.75) is 46.3 Å². The van der Waals surface area contributed by atoms with Gasteiger partial charge in [-0.15, -0.1) is 0 Å². The van der Waals surface area contributed by atoms with E-state index >= 15 is 0 Å². The van der Waals surface area contributed by atoms with E-state index in [0.717, 1.165) is 0 Å². The van der Waals surface area contributed by atoms with Gasteiger partial charge in [0.2, 0.25) is 0 Å². The van der Waals surface area contributed by atoms with Crippen molar-refractivity contribution in [3.8, 4) is 5.75 Å². The van der Waals surface area contributed by atoms with E-state index in [1.807, 2.05) is 13.8 Å². The molecule has 3 atom stereocenters. The quantitative estimate of drug-likeness (QED) is 0.748. The average molecular weight is 270 g/mol. The van der Waals surface area contributed by atoms with E-state index in [9.17, 15) is 20.1 Å². The smallest absolute Gasteiger partial charge is 0.342 e. The molecule has 0 fully saturated rings. The monoisotopic (exact) mass is 270 g/mol. The van der Waals surface area contributed by atoms with Gasteiger partial charge < -0.3 is 19.7 Å². The Morgan fingerprint density at radius 3 is 2.32 bits per heavy atom. The Morgan fingerprint density at radius 2 is 1.84 bits per heavy atom. The average Bonchev–Trinajstić information content (AvgIpc) is 2.33. The second-order valence-corrected chi connectivity index (χ2v) is 5.38. The van der Waals surface area contributed by atoms with Crippen LogP contribution in [0.4, 0.5) is 0 Å². The maximum atomic E-state index is 11.4. The molecule has 5 nitrogen and oxygen atoms in total. The molecule has 1 rings (SSSR count). The third kappa shape index (κ3) is 3.81. The van der Waals surface area contributed by atoms with Crippen LogP contribution in [-0.2, 0) is 6.42 Å². The highest BCUT2D eigenvalue weighted by atomic mass is 16.4. The minimum atomic E-state index is -0.845. The second-order valence-electron chi connectivity index (χ2n) is 5.38. The summed E-state index contributed by atoms with van der Waals surface area (Å²) in [6.07, 6.45) is -1.41. The zero-order chi connectivity index (χ0) is 14.7. The summed E-state index contributed by atoms with van der Waals surface area (Å²) in [5, 5.41) is 29.5. The zero-order valence-electron chi connectivity index (χ0n) is 11.8. The van der Waals surface area contributed by atoms with Crippen molar-refractivity contribution < 1.29 is 19.7 Å². The summed E-state index contributed by atoms with van der Waals surface area (Å²) in [6.45, 7) is 6.94. The summed E-state index contributed by atoms with van der Waals surface area (Å²) in [7, 11) is 0. The molecule has 0 saturated heterocycles. The van der Waals surface area contributed by atoms with Crippen LogP contribution in [0, 0.1) is 18.8 Å². The molecule has 0 aromatic carbocycles. The molecule has 0 unspecified atom stereocenters. The van der Waals surface area contributed by atoms with E-state index in [0.29, 0.717) is 0 Å². The van der Waals surface area contributed by atoms with Gasteiger partial charge in [0.15, 0.2) is 0 Å². The maximum Gasteiger partial charge on any atom is 0.342 e. The van der Waals surface area contributed by atoms with Crippen LogP contribution >= 0.6 is 0 Å². The van der Waals surface area contributed by atoms with Crippen LogP contribution in [0.2, 0.25) is 0 Å². The Bertz CT molecular complexity index is 477. The molecule has 0 aliphatic carbocycles. The molecule has 0 spiro atoms. The van der Waals surface area contributed by atoms with Crippen molar-refractivity contribution in [2.75, 3.05) is 0 Å². The van der Waals surface area contributed by atoms with E-state index in [1.165, 1.54) is 13.0 Å². The van der Waals surface area contributed by atoms with Gasteiger partial charge in [-0.05, 0) is 12.8 Å². The van der Waals surface area contributed by atoms with Gasteiger partial charge in [0.25, 0.3) is 0 Å². The first-order valence-electron chi connectivity index (χ1n) is 6.42. The number of aromatic hydroxyl groups is 1. The van der Waals surface area contributed by atoms with E-state index in [2.05, 4.69) is 0 Å². The Kier molecular flexibility index (Phi) is 5.14. The molecule has 19 heavy (non-hydrogen) atoms. The third-order valence-corrected chi connectivity index (χ3v) is 3.45. The molecule has 0 aliphatic heterocycles. The van der Waals surface area contributed by atoms with Crippen molar-refractivity contribution in [2.24, 2.45) is 11.8 Å². The summed E-state index contributed by atoms with van der Waals surface area (Å²) in [5.74, 6) is -0.254. The molecule has 1 heterocycles. The summed E-state index contributed by atoms with van der Waals surface area (Å²) in [4.78, 5) is 11.4. The second kappa shape index (κ2) is 6.21. The number of hydrogen-bond acceptors (Lipinski definition) is 5. The Balaban J connectivity index is 2.83. The molecule has 0 aliphatic rings. The standard InChI is InChI=1S/C14H22O5/c1-7(2)13(17)8(3)11(15)5-10-6-12(16)9(4)14(18)19-10/h6-8,11,13,15-17H,5H2,1-4H3/t8-,11+,13+/m0/s1. The van der Waals surface area contributed by atoms with Gasteiger partial charge in [-0.2, -0.15) is 0 Å². The number of rotatable bonds is 5. The SMILES string of the molecule is Cc1c(O)cc(C[C@@H](O)[C@H](C)[C@H](O)C(C)C)oc1=O. The Morgan fingerprint density at radius 1 is 1.26 bits per heavy atom. The maximum absolute atomic E-state index is 11.4. The summed E-state index contributed by atoms with van der Waals surface area (Å²) in [5.41, 5.74) is -0.465. The molecule has 3 N–H and O–H groups in total. The first-order valence-corrected chi connectivity index (χ1v) is 6.42. The molecule has 1 aromatic rings. The summed E-state index contributed by atoms with van der Waals surface area (Å²) < 4.78 is 4.99. The lowest BCUT2D eigenvalue weighted by Gasteiger charge is -2.26. The number of hydrogen-bond donors (Lipinski definition) is 3. The van der Waals surface area contributed by atoms with E-state index < -0.39 is 17.8 Å². The minimum Gasteiger partial charge on any atom is -0.507 e. The highest BCUT2D eigenvalue weighted by molar-refractivity contribution is 5.28. The van der Waals surface area contributed by atoms with Crippen molar-refractivity contribution in [3.05, 3.63) is 27.8 Å². The molecule has 108 valence electrons. The largest absolute Gasteiger partial charge is 0.507 e. The van der Waals surface area contributed by atoms with Gasteiger partial charge in [-0.3, -0.25) is 0 Å². The van der Waals surface area contributed by atoms with Gasteiger partial charge >= 0.3 is 5.63 Å². The van der Waals surface area contributed by atoms with Crippen molar-refractivity contribution in [1.82, 2.24) is 0 Å². The van der Waals surface area contributed by atoms with Gasteiger partial charge in [0, 0.05) is 18.4 Å². The van der Waals surface area contributed by atoms with E-state index in [-0.39, 0.29) is 35.3 Å². The van der Waals surface area contributed by atoms with Crippen LogP contribution in [0.25, 0.3) is 0 Å². The first-order chi connectivity index (χ1) is 8.73. The molecule has 0 radical (unpaired) electrons. The van der Waals surface area contributed by atoms with Gasteiger partial charge in [-0.25, -0.2) is 4.79 Å². The van der Waals surface area contributed by atoms with Crippen molar-refractivity contribution in [3.63, 3.8) is 0 Å². The fourth-order valence-electron chi connectivity index (χ4n) is 1.92. The van der Waals surface area contributed by atoms with Gasteiger partial charge in [-0.1, -0.05) is 20.8 Å². The summed E-state index contributed by atoms with van der Waals surface area (Å²) in [6, 6.07) is 1.33. The number of aliphatic hydroxyl groups is 2. The van der Waals surface area contributed by atoms with Crippen LogP contribution in [0.3, 0.4) is 0 Å². The lowest BCUT2D eigenvalue weighted by molar-refractivity contribution is -0.00362. The van der Waals surface area contributed by atoms with Crippen LogP contribution in [0.5, 0.6) is 5.75 Å². The first kappa shape index (κ1) is 15.7. The highest BCUT2D eigenvalue weighted by Crippen LogP contribution is 2.21. The summed E-state index contributed by atoms with van der Waals surface area (Å²) >= 11 is 0. The Labute approximate surface area is 112 Å². The van der Waals surface area contributed by atoms with Crippen molar-refractivity contribution >= 4 is 0 Å². The van der Waals surface area contributed by atoms with Crippen LogP contribution < -0.4 is 5.63 Å². The molecule has 0 bridgehead atoms. The zero-order valence-corrected chi connectivity index (χ0v) is 11.8. The Hall–Kier alpha value is -1.33. The topological polar surface area (TPSA) is 90.9 Å². The highest BCUT2D eigenvalue weighted by Gasteiger charge is 2.26. The minimum absolute atomic E-state index is 0.0306. The number of aliphatic hydroxyl groups excluding tert-OH is 2. The molecule has 1 aromatic heterocycles. The molecular formula is C14H22O5. The molecular weight excluding hydrogens is 248 g/mol. The predicted octanol–water partition coefficient (Wildman–Crippen LogP) is 1.21. The van der Waals surface area contributed by atoms with Crippen LogP contribution in [0.15, 0.2) is 15.3 Å². The molecule has 0 saturated carbocycles. The third-order valence-electron chi connectivity index (χ3n) is 3.45. The van der Waals surface area contributed by atoms with Gasteiger partial charge in [0.1, 0.15) is 11.5 Å². The normalized spacial score (nSPS) is 16.4. The fraction of sp³-hybridized carbons (Fsp3) is 0.643. The predicted molar refractivity (Wildman–Crippen MR) is 71.1 cm³/mol. The van der Waals surface area contributed by atoms with Crippen LogP contribution in [-0.4, -0.2) is 27.5 Å². The molecule has 5 heteroatoms. The van der Waals surface area contributed by atoms with E-state index in [4.69, 9.17) is 4.42 Å².